The van der Waals surface area contributed by atoms with Crippen LogP contribution in [0.15, 0.2) is 17.9 Å². The molecule has 1 saturated heterocycles. The minimum atomic E-state index is -1.54. The van der Waals surface area contributed by atoms with Crippen LogP contribution < -0.4 is 4.78 Å². The van der Waals surface area contributed by atoms with Crippen LogP contribution in [0.25, 0.3) is 6.08 Å². The Balaban J connectivity index is 2.15. The van der Waals surface area contributed by atoms with E-state index in [0.717, 1.165) is 11.3 Å². The second kappa shape index (κ2) is 5.27. The van der Waals surface area contributed by atoms with E-state index in [0.29, 0.717) is 9.65 Å². The molecule has 0 unspecified atom stereocenters. The highest BCUT2D eigenvalue weighted by atomic mass is 32.1. The van der Waals surface area contributed by atoms with Crippen molar-refractivity contribution in [2.24, 2.45) is 0 Å². The van der Waals surface area contributed by atoms with Gasteiger partial charge in [-0.2, -0.15) is 0 Å². The first-order valence-electron chi connectivity index (χ1n) is 6.31. The molecule has 1 aromatic rings. The van der Waals surface area contributed by atoms with E-state index >= 15 is 0 Å². The van der Waals surface area contributed by atoms with Crippen LogP contribution in [-0.2, 0) is 9.31 Å². The number of halogens is 1. The number of hydrogen-bond acceptors (Lipinski definition) is 5. The maximum absolute atomic E-state index is 14.2. The lowest BCUT2D eigenvalue weighted by Gasteiger charge is -2.32. The molecule has 2 N–H and O–H groups in total. The molecule has 2 heterocycles. The summed E-state index contributed by atoms with van der Waals surface area (Å²) in [5.41, 5.74) is -1.72. The minimum Gasteiger partial charge on any atom is -0.423 e. The minimum absolute atomic E-state index is 0.359. The van der Waals surface area contributed by atoms with Crippen LogP contribution in [0.2, 0.25) is 0 Å². The van der Waals surface area contributed by atoms with Crippen molar-refractivity contribution in [1.29, 1.82) is 0 Å². The standard InChI is InChI=1S/C12H17B2FO4S/c1-11(2)12(3,4)19-14(18-11)9(15)7-8-5-6-10(20-8)13(16)17/h5-7,16-17H,1-4H3. The average molecular weight is 298 g/mol. The predicted octanol–water partition coefficient (Wildman–Crippen LogP) is 1.37. The van der Waals surface area contributed by atoms with Crippen molar-refractivity contribution in [2.75, 3.05) is 0 Å². The van der Waals surface area contributed by atoms with E-state index in [9.17, 15) is 4.39 Å². The first-order chi connectivity index (χ1) is 9.12. The van der Waals surface area contributed by atoms with Gasteiger partial charge in [0.05, 0.1) is 11.2 Å². The topological polar surface area (TPSA) is 58.9 Å². The lowest BCUT2D eigenvalue weighted by molar-refractivity contribution is 0.00578. The van der Waals surface area contributed by atoms with E-state index < -0.39 is 31.2 Å². The molecular formula is C12H17B2FO4S. The largest absolute Gasteiger partial charge is 0.525 e. The maximum atomic E-state index is 14.2. The first-order valence-corrected chi connectivity index (χ1v) is 7.13. The zero-order valence-corrected chi connectivity index (χ0v) is 12.7. The third-order valence-corrected chi connectivity index (χ3v) is 4.73. The van der Waals surface area contributed by atoms with Crippen molar-refractivity contribution in [3.8, 4) is 0 Å². The van der Waals surface area contributed by atoms with Gasteiger partial charge in [-0.1, -0.05) is 6.07 Å². The van der Waals surface area contributed by atoms with Gasteiger partial charge in [0, 0.05) is 9.65 Å². The van der Waals surface area contributed by atoms with Crippen LogP contribution in [0.3, 0.4) is 0 Å². The maximum Gasteiger partial charge on any atom is 0.525 e. The summed E-state index contributed by atoms with van der Waals surface area (Å²) in [6, 6.07) is 3.16. The van der Waals surface area contributed by atoms with Crippen molar-refractivity contribution >= 4 is 36.4 Å². The predicted molar refractivity (Wildman–Crippen MR) is 79.3 cm³/mol. The van der Waals surface area contributed by atoms with Crippen molar-refractivity contribution in [3.05, 3.63) is 22.7 Å². The molecule has 0 amide bonds. The highest BCUT2D eigenvalue weighted by molar-refractivity contribution is 7.22. The zero-order chi connectivity index (χ0) is 15.1. The van der Waals surface area contributed by atoms with E-state index in [1.165, 1.54) is 6.08 Å². The highest BCUT2D eigenvalue weighted by Gasteiger charge is 2.53. The number of rotatable bonds is 3. The van der Waals surface area contributed by atoms with E-state index in [4.69, 9.17) is 19.4 Å². The van der Waals surface area contributed by atoms with Crippen molar-refractivity contribution < 1.29 is 23.7 Å². The van der Waals surface area contributed by atoms with Crippen LogP contribution in [-0.4, -0.2) is 35.5 Å². The monoisotopic (exact) mass is 298 g/mol. The van der Waals surface area contributed by atoms with E-state index in [-0.39, 0.29) is 0 Å². The molecule has 0 bridgehead atoms. The Hall–Kier alpha value is -0.660. The van der Waals surface area contributed by atoms with Crippen LogP contribution in [0.1, 0.15) is 32.6 Å². The quantitative estimate of drug-likeness (QED) is 0.828. The first kappa shape index (κ1) is 15.7. The Kier molecular flexibility index (Phi) is 4.15. The van der Waals surface area contributed by atoms with Crippen LogP contribution in [0.5, 0.6) is 0 Å². The summed E-state index contributed by atoms with van der Waals surface area (Å²) < 4.78 is 25.7. The lowest BCUT2D eigenvalue weighted by Crippen LogP contribution is -2.41. The van der Waals surface area contributed by atoms with Gasteiger partial charge in [-0.25, -0.2) is 4.39 Å². The lowest BCUT2D eigenvalue weighted by atomic mass is 9.87. The molecule has 0 radical (unpaired) electrons. The van der Waals surface area contributed by atoms with Gasteiger partial charge in [-0.15, -0.1) is 11.3 Å². The van der Waals surface area contributed by atoms with Gasteiger partial charge in [0.15, 0.2) is 0 Å². The van der Waals surface area contributed by atoms with Gasteiger partial charge in [0.1, 0.15) is 5.73 Å². The molecule has 108 valence electrons. The van der Waals surface area contributed by atoms with Gasteiger partial charge in [-0.05, 0) is 39.8 Å². The van der Waals surface area contributed by atoms with Crippen molar-refractivity contribution in [3.63, 3.8) is 0 Å². The fourth-order valence-electron chi connectivity index (χ4n) is 1.74. The summed E-state index contributed by atoms with van der Waals surface area (Å²) in [5, 5.41) is 18.0. The Labute approximate surface area is 122 Å². The molecule has 0 atom stereocenters. The second-order valence-corrected chi connectivity index (χ2v) is 6.88. The van der Waals surface area contributed by atoms with Gasteiger partial charge in [-0.3, -0.25) is 0 Å². The highest BCUT2D eigenvalue weighted by Crippen LogP contribution is 2.39. The van der Waals surface area contributed by atoms with E-state index in [2.05, 4.69) is 0 Å². The molecule has 2 rings (SSSR count). The molecule has 1 fully saturated rings. The second-order valence-electron chi connectivity index (χ2n) is 5.73. The number of hydrogen-bond donors (Lipinski definition) is 2. The molecular weight excluding hydrogens is 281 g/mol. The van der Waals surface area contributed by atoms with Gasteiger partial charge in [0.25, 0.3) is 0 Å². The number of thiophene rings is 1. The molecule has 0 saturated carbocycles. The SMILES string of the molecule is CC1(C)OB(C(F)=Cc2ccc(B(O)O)s2)OC1(C)C. The molecule has 4 nitrogen and oxygen atoms in total. The fourth-order valence-corrected chi connectivity index (χ4v) is 2.57. The zero-order valence-electron chi connectivity index (χ0n) is 11.9. The Morgan fingerprint density at radius 2 is 1.80 bits per heavy atom. The summed E-state index contributed by atoms with van der Waals surface area (Å²) in [5.74, 6) is 0. The normalized spacial score (nSPS) is 21.4. The molecule has 8 heteroatoms. The summed E-state index contributed by atoms with van der Waals surface area (Å²) in [6.07, 6.45) is 1.29. The van der Waals surface area contributed by atoms with Gasteiger partial charge >= 0.3 is 14.2 Å². The van der Waals surface area contributed by atoms with Crippen LogP contribution in [0, 0.1) is 0 Å². The molecule has 0 aliphatic carbocycles. The Morgan fingerprint density at radius 1 is 1.25 bits per heavy atom. The average Bonchev–Trinajstić information content (AvgIpc) is 2.83. The molecule has 20 heavy (non-hydrogen) atoms. The van der Waals surface area contributed by atoms with Gasteiger partial charge in [0.2, 0.25) is 0 Å². The summed E-state index contributed by atoms with van der Waals surface area (Å²) in [7, 11) is -2.58. The Morgan fingerprint density at radius 3 is 2.25 bits per heavy atom. The molecule has 0 aromatic carbocycles. The fraction of sp³-hybridized carbons (Fsp3) is 0.500. The Bertz CT molecular complexity index is 511. The van der Waals surface area contributed by atoms with Crippen molar-refractivity contribution in [2.45, 2.75) is 38.9 Å². The van der Waals surface area contributed by atoms with Gasteiger partial charge < -0.3 is 19.4 Å². The van der Waals surface area contributed by atoms with Crippen molar-refractivity contribution in [1.82, 2.24) is 0 Å². The molecule has 1 aromatic heterocycles. The smallest absolute Gasteiger partial charge is 0.423 e. The molecule has 0 spiro atoms. The summed E-state index contributed by atoms with van der Waals surface area (Å²) in [4.78, 5) is 0.570. The van der Waals surface area contributed by atoms with E-state index in [1.54, 1.807) is 12.1 Å². The van der Waals surface area contributed by atoms with Crippen LogP contribution >= 0.6 is 11.3 Å². The molecule has 1 aliphatic heterocycles. The third-order valence-electron chi connectivity index (χ3n) is 3.66. The van der Waals surface area contributed by atoms with Crippen LogP contribution in [0.4, 0.5) is 4.39 Å². The third kappa shape index (κ3) is 2.99. The summed E-state index contributed by atoms with van der Waals surface area (Å²) >= 11 is 1.10. The molecule has 1 aliphatic rings. The summed E-state index contributed by atoms with van der Waals surface area (Å²) in [6.45, 7) is 7.41. The van der Waals surface area contributed by atoms with E-state index in [1.807, 2.05) is 27.7 Å².